The Kier molecular flexibility index (Phi) is 2.90. The number of benzene rings is 1. The molecule has 4 nitrogen and oxygen atoms in total. The second kappa shape index (κ2) is 4.25. The van der Waals surface area contributed by atoms with Crippen LogP contribution >= 0.6 is 0 Å². The van der Waals surface area contributed by atoms with Crippen LogP contribution in [0.25, 0.3) is 10.9 Å². The standard InChI is InChI=1S/C13H13FN2O2/c1-7-4-11(16(2)3)9-5-8(14)6-10(13(17)18)12(9)15-7/h4-6H,1-3H3,(H,17,18). The monoisotopic (exact) mass is 248 g/mol. The van der Waals surface area contributed by atoms with Crippen LogP contribution < -0.4 is 4.90 Å². The Hall–Kier alpha value is -2.17. The number of aryl methyl sites for hydroxylation is 1. The van der Waals surface area contributed by atoms with Crippen LogP contribution in [0.5, 0.6) is 0 Å². The van der Waals surface area contributed by atoms with Gasteiger partial charge in [0.15, 0.2) is 0 Å². The van der Waals surface area contributed by atoms with Crippen LogP contribution in [0, 0.1) is 12.7 Å². The third-order valence-electron chi connectivity index (χ3n) is 2.70. The van der Waals surface area contributed by atoms with Gasteiger partial charge in [-0.2, -0.15) is 0 Å². The molecule has 2 aromatic rings. The quantitative estimate of drug-likeness (QED) is 0.886. The molecule has 1 heterocycles. The van der Waals surface area contributed by atoms with Crippen molar-refractivity contribution >= 4 is 22.6 Å². The van der Waals surface area contributed by atoms with E-state index in [4.69, 9.17) is 5.11 Å². The molecule has 2 rings (SSSR count). The zero-order chi connectivity index (χ0) is 13.4. The zero-order valence-electron chi connectivity index (χ0n) is 10.4. The van der Waals surface area contributed by atoms with Gasteiger partial charge in [-0.1, -0.05) is 0 Å². The van der Waals surface area contributed by atoms with Gasteiger partial charge in [-0.3, -0.25) is 4.98 Å². The number of nitrogens with zero attached hydrogens (tertiary/aromatic N) is 2. The molecule has 18 heavy (non-hydrogen) atoms. The van der Waals surface area contributed by atoms with Crippen LogP contribution in [0.3, 0.4) is 0 Å². The van der Waals surface area contributed by atoms with Crippen molar-refractivity contribution in [1.82, 2.24) is 4.98 Å². The number of anilines is 1. The average Bonchev–Trinajstić information content (AvgIpc) is 2.27. The normalized spacial score (nSPS) is 10.7. The predicted octanol–water partition coefficient (Wildman–Crippen LogP) is 2.45. The molecule has 0 fully saturated rings. The number of carboxylic acid groups (broad SMARTS) is 1. The summed E-state index contributed by atoms with van der Waals surface area (Å²) in [5.41, 5.74) is 1.64. The van der Waals surface area contributed by atoms with Crippen molar-refractivity contribution in [3.05, 3.63) is 35.3 Å². The first-order valence-corrected chi connectivity index (χ1v) is 5.41. The molecule has 0 amide bonds. The van der Waals surface area contributed by atoms with Gasteiger partial charge in [0.2, 0.25) is 0 Å². The number of pyridine rings is 1. The number of aromatic carboxylic acids is 1. The second-order valence-electron chi connectivity index (χ2n) is 4.33. The molecule has 0 radical (unpaired) electrons. The molecular weight excluding hydrogens is 235 g/mol. The number of fused-ring (bicyclic) bond motifs is 1. The van der Waals surface area contributed by atoms with Crippen molar-refractivity contribution in [1.29, 1.82) is 0 Å². The highest BCUT2D eigenvalue weighted by molar-refractivity contribution is 6.05. The third-order valence-corrected chi connectivity index (χ3v) is 2.70. The summed E-state index contributed by atoms with van der Waals surface area (Å²) in [6.45, 7) is 1.78. The largest absolute Gasteiger partial charge is 0.478 e. The van der Waals surface area contributed by atoms with Gasteiger partial charge in [-0.25, -0.2) is 9.18 Å². The number of halogens is 1. The Morgan fingerprint density at radius 1 is 1.33 bits per heavy atom. The van der Waals surface area contributed by atoms with Crippen molar-refractivity contribution in [3.8, 4) is 0 Å². The number of hydrogen-bond acceptors (Lipinski definition) is 3. The van der Waals surface area contributed by atoms with Crippen LogP contribution in [0.2, 0.25) is 0 Å². The van der Waals surface area contributed by atoms with E-state index in [0.29, 0.717) is 16.6 Å². The average molecular weight is 248 g/mol. The van der Waals surface area contributed by atoms with Gasteiger partial charge in [0.1, 0.15) is 5.82 Å². The van der Waals surface area contributed by atoms with Crippen LogP contribution in [0.4, 0.5) is 10.1 Å². The maximum atomic E-state index is 13.5. The fraction of sp³-hybridized carbons (Fsp3) is 0.231. The van der Waals surface area contributed by atoms with E-state index in [2.05, 4.69) is 4.98 Å². The van der Waals surface area contributed by atoms with E-state index >= 15 is 0 Å². The SMILES string of the molecule is Cc1cc(N(C)C)c2cc(F)cc(C(=O)O)c2n1. The first kappa shape index (κ1) is 12.3. The van der Waals surface area contributed by atoms with Crippen molar-refractivity contribution < 1.29 is 14.3 Å². The smallest absolute Gasteiger partial charge is 0.338 e. The maximum absolute atomic E-state index is 13.5. The van der Waals surface area contributed by atoms with Crippen LogP contribution in [-0.4, -0.2) is 30.2 Å². The van der Waals surface area contributed by atoms with Gasteiger partial charge < -0.3 is 10.0 Å². The fourth-order valence-electron chi connectivity index (χ4n) is 1.93. The van der Waals surface area contributed by atoms with Gasteiger partial charge in [-0.05, 0) is 25.1 Å². The van der Waals surface area contributed by atoms with E-state index in [1.54, 1.807) is 13.0 Å². The number of carbonyl (C=O) groups is 1. The van der Waals surface area contributed by atoms with Gasteiger partial charge in [0.25, 0.3) is 0 Å². The highest BCUT2D eigenvalue weighted by atomic mass is 19.1. The molecule has 0 aliphatic rings. The summed E-state index contributed by atoms with van der Waals surface area (Å²) in [5, 5.41) is 9.61. The van der Waals surface area contributed by atoms with Crippen molar-refractivity contribution in [2.75, 3.05) is 19.0 Å². The van der Waals surface area contributed by atoms with Crippen molar-refractivity contribution in [3.63, 3.8) is 0 Å². The lowest BCUT2D eigenvalue weighted by Gasteiger charge is -2.16. The van der Waals surface area contributed by atoms with Crippen molar-refractivity contribution in [2.24, 2.45) is 0 Å². The molecule has 94 valence electrons. The second-order valence-corrected chi connectivity index (χ2v) is 4.33. The van der Waals surface area contributed by atoms with Crippen LogP contribution in [0.15, 0.2) is 18.2 Å². The Morgan fingerprint density at radius 3 is 2.56 bits per heavy atom. The molecule has 0 unspecified atom stereocenters. The maximum Gasteiger partial charge on any atom is 0.338 e. The predicted molar refractivity (Wildman–Crippen MR) is 67.7 cm³/mol. The number of hydrogen-bond donors (Lipinski definition) is 1. The summed E-state index contributed by atoms with van der Waals surface area (Å²) in [6.07, 6.45) is 0. The molecule has 1 N–H and O–H groups in total. The van der Waals surface area contributed by atoms with E-state index in [-0.39, 0.29) is 5.56 Å². The lowest BCUT2D eigenvalue weighted by molar-refractivity contribution is 0.0698. The van der Waals surface area contributed by atoms with Gasteiger partial charge >= 0.3 is 5.97 Å². The molecule has 0 aliphatic carbocycles. The molecule has 1 aromatic heterocycles. The minimum Gasteiger partial charge on any atom is -0.478 e. The Morgan fingerprint density at radius 2 is 2.00 bits per heavy atom. The number of carboxylic acids is 1. The third kappa shape index (κ3) is 1.99. The Balaban J connectivity index is 2.94. The van der Waals surface area contributed by atoms with E-state index in [1.807, 2.05) is 19.0 Å². The highest BCUT2D eigenvalue weighted by Crippen LogP contribution is 2.28. The molecule has 0 atom stereocenters. The summed E-state index contributed by atoms with van der Waals surface area (Å²) in [6, 6.07) is 4.10. The van der Waals surface area contributed by atoms with Gasteiger partial charge in [-0.15, -0.1) is 0 Å². The fourth-order valence-corrected chi connectivity index (χ4v) is 1.93. The molecule has 0 bridgehead atoms. The van der Waals surface area contributed by atoms with Gasteiger partial charge in [0.05, 0.1) is 11.1 Å². The zero-order valence-corrected chi connectivity index (χ0v) is 10.4. The summed E-state index contributed by atoms with van der Waals surface area (Å²) < 4.78 is 13.5. The van der Waals surface area contributed by atoms with Crippen LogP contribution in [0.1, 0.15) is 16.1 Å². The van der Waals surface area contributed by atoms with Crippen molar-refractivity contribution in [2.45, 2.75) is 6.92 Å². The summed E-state index contributed by atoms with van der Waals surface area (Å²) in [5.74, 6) is -1.75. The number of rotatable bonds is 2. The highest BCUT2D eigenvalue weighted by Gasteiger charge is 2.15. The summed E-state index contributed by atoms with van der Waals surface area (Å²) in [7, 11) is 3.64. The van der Waals surface area contributed by atoms with E-state index < -0.39 is 11.8 Å². The lowest BCUT2D eigenvalue weighted by Crippen LogP contribution is -2.11. The Labute approximate surface area is 104 Å². The number of aromatic nitrogens is 1. The topological polar surface area (TPSA) is 53.4 Å². The molecule has 1 aromatic carbocycles. The molecule has 0 spiro atoms. The molecule has 0 saturated heterocycles. The summed E-state index contributed by atoms with van der Waals surface area (Å²) in [4.78, 5) is 17.2. The first-order valence-electron chi connectivity index (χ1n) is 5.41. The lowest BCUT2D eigenvalue weighted by atomic mass is 10.1. The summed E-state index contributed by atoms with van der Waals surface area (Å²) >= 11 is 0. The minimum atomic E-state index is -1.18. The molecule has 5 heteroatoms. The first-order chi connectivity index (χ1) is 8.40. The molecule has 0 aliphatic heterocycles. The van der Waals surface area contributed by atoms with Crippen LogP contribution in [-0.2, 0) is 0 Å². The Bertz CT molecular complexity index is 638. The molecule has 0 saturated carbocycles. The van der Waals surface area contributed by atoms with Gasteiger partial charge in [0, 0.05) is 30.9 Å². The van der Waals surface area contributed by atoms with E-state index in [0.717, 1.165) is 11.8 Å². The van der Waals surface area contributed by atoms with E-state index in [1.165, 1.54) is 6.07 Å². The van der Waals surface area contributed by atoms with E-state index in [9.17, 15) is 9.18 Å². The minimum absolute atomic E-state index is 0.114. The molecular formula is C13H13FN2O2.